The Morgan fingerprint density at radius 2 is 1.77 bits per heavy atom. The van der Waals surface area contributed by atoms with Gasteiger partial charge in [0.25, 0.3) is 0 Å². The minimum absolute atomic E-state index is 0.0706. The lowest BCUT2D eigenvalue weighted by atomic mass is 10.1. The van der Waals surface area contributed by atoms with Crippen molar-refractivity contribution < 1.29 is 23.5 Å². The third-order valence-corrected chi connectivity index (χ3v) is 3.68. The lowest BCUT2D eigenvalue weighted by Gasteiger charge is -2.08. The summed E-state index contributed by atoms with van der Waals surface area (Å²) < 4.78 is 10.3. The number of ether oxygens (including phenoxy) is 1. The highest BCUT2D eigenvalue weighted by Gasteiger charge is 2.17. The van der Waals surface area contributed by atoms with Gasteiger partial charge < -0.3 is 14.5 Å². The zero-order valence-corrected chi connectivity index (χ0v) is 15.4. The van der Waals surface area contributed by atoms with Crippen molar-refractivity contribution >= 4 is 23.3 Å². The largest absolute Gasteiger partial charge is 0.466 e. The van der Waals surface area contributed by atoms with E-state index in [9.17, 15) is 14.4 Å². The average Bonchev–Trinajstić information content (AvgIpc) is 2.90. The van der Waals surface area contributed by atoms with Gasteiger partial charge in [0.05, 0.1) is 0 Å². The van der Waals surface area contributed by atoms with Gasteiger partial charge in [0.15, 0.2) is 12.4 Å². The van der Waals surface area contributed by atoms with Crippen LogP contribution < -0.4 is 5.32 Å². The maximum atomic E-state index is 12.2. The van der Waals surface area contributed by atoms with Crippen molar-refractivity contribution in [3.8, 4) is 0 Å². The molecule has 26 heavy (non-hydrogen) atoms. The first-order valence-corrected chi connectivity index (χ1v) is 8.43. The summed E-state index contributed by atoms with van der Waals surface area (Å²) in [6.07, 6.45) is 0.434. The van der Waals surface area contributed by atoms with Gasteiger partial charge in [-0.2, -0.15) is 0 Å². The molecule has 0 fully saturated rings. The summed E-state index contributed by atoms with van der Waals surface area (Å²) in [6.45, 7) is 6.97. The fourth-order valence-electron chi connectivity index (χ4n) is 2.45. The molecule has 6 heteroatoms. The van der Waals surface area contributed by atoms with Crippen molar-refractivity contribution in [2.45, 2.75) is 34.1 Å². The topological polar surface area (TPSA) is 85.6 Å². The molecule has 0 bridgehead atoms. The van der Waals surface area contributed by atoms with Crippen molar-refractivity contribution in [2.24, 2.45) is 5.92 Å². The Morgan fingerprint density at radius 3 is 2.31 bits per heavy atom. The van der Waals surface area contributed by atoms with Crippen molar-refractivity contribution in [3.05, 3.63) is 53.0 Å². The second-order valence-corrected chi connectivity index (χ2v) is 6.55. The highest BCUT2D eigenvalue weighted by atomic mass is 16.5. The molecule has 138 valence electrons. The summed E-state index contributed by atoms with van der Waals surface area (Å²) in [6, 6.07) is 8.06. The van der Waals surface area contributed by atoms with E-state index < -0.39 is 5.97 Å². The van der Waals surface area contributed by atoms with Crippen LogP contribution in [0.1, 0.15) is 52.5 Å². The molecule has 0 aliphatic rings. The Morgan fingerprint density at radius 1 is 1.12 bits per heavy atom. The summed E-state index contributed by atoms with van der Waals surface area (Å²) in [7, 11) is 0. The van der Waals surface area contributed by atoms with Crippen LogP contribution in [-0.2, 0) is 9.53 Å². The Balaban J connectivity index is 1.90. The van der Waals surface area contributed by atoms with Crippen LogP contribution in [0.15, 0.2) is 34.7 Å². The number of ketones is 1. The average molecular weight is 357 g/mol. The third kappa shape index (κ3) is 5.31. The van der Waals surface area contributed by atoms with Crippen molar-refractivity contribution in [2.75, 3.05) is 11.9 Å². The van der Waals surface area contributed by atoms with Crippen LogP contribution in [-0.4, -0.2) is 24.3 Å². The first-order chi connectivity index (χ1) is 12.3. The van der Waals surface area contributed by atoms with Crippen LogP contribution in [0.2, 0.25) is 0 Å². The van der Waals surface area contributed by atoms with E-state index in [1.807, 2.05) is 13.8 Å². The number of hydrogen-bond donors (Lipinski definition) is 1. The Hall–Kier alpha value is -2.89. The van der Waals surface area contributed by atoms with Crippen LogP contribution in [0.3, 0.4) is 0 Å². The summed E-state index contributed by atoms with van der Waals surface area (Å²) in [5.41, 5.74) is 1.34. The summed E-state index contributed by atoms with van der Waals surface area (Å²) >= 11 is 0. The SMILES string of the molecule is Cc1cc(C(=O)OCC(=O)c2ccc(NC(=O)CC(C)C)cc2)c(C)o1. The van der Waals surface area contributed by atoms with Gasteiger partial charge in [-0.05, 0) is 50.1 Å². The van der Waals surface area contributed by atoms with E-state index in [0.717, 1.165) is 0 Å². The number of rotatable bonds is 7. The van der Waals surface area contributed by atoms with Gasteiger partial charge in [0.2, 0.25) is 5.91 Å². The van der Waals surface area contributed by atoms with Gasteiger partial charge in [-0.3, -0.25) is 9.59 Å². The number of furan rings is 1. The van der Waals surface area contributed by atoms with Gasteiger partial charge in [-0.1, -0.05) is 13.8 Å². The number of carbonyl (C=O) groups excluding carboxylic acids is 3. The molecule has 2 rings (SSSR count). The molecule has 1 N–H and O–H groups in total. The van der Waals surface area contributed by atoms with E-state index in [2.05, 4.69) is 5.32 Å². The zero-order valence-electron chi connectivity index (χ0n) is 15.4. The number of nitrogens with one attached hydrogen (secondary N) is 1. The predicted octanol–water partition coefficient (Wildman–Crippen LogP) is 3.92. The molecular weight excluding hydrogens is 334 g/mol. The molecule has 0 atom stereocenters. The van der Waals surface area contributed by atoms with Crippen LogP contribution in [0.4, 0.5) is 5.69 Å². The van der Waals surface area contributed by atoms with Crippen molar-refractivity contribution in [3.63, 3.8) is 0 Å². The minimum atomic E-state index is -0.592. The molecule has 1 amide bonds. The van der Waals surface area contributed by atoms with Crippen molar-refractivity contribution in [1.82, 2.24) is 0 Å². The Bertz CT molecular complexity index is 802. The molecule has 0 spiro atoms. The zero-order chi connectivity index (χ0) is 19.3. The molecule has 2 aromatic rings. The van der Waals surface area contributed by atoms with Crippen molar-refractivity contribution in [1.29, 1.82) is 0 Å². The number of Topliss-reactive ketones (excluding diaryl/α,β-unsaturated/α-hetero) is 1. The second-order valence-electron chi connectivity index (χ2n) is 6.55. The van der Waals surface area contributed by atoms with Crippen LogP contribution >= 0.6 is 0 Å². The quantitative estimate of drug-likeness (QED) is 0.599. The maximum Gasteiger partial charge on any atom is 0.342 e. The number of carbonyl (C=O) groups is 3. The monoisotopic (exact) mass is 357 g/mol. The summed E-state index contributed by atoms with van der Waals surface area (Å²) in [5, 5.41) is 2.77. The van der Waals surface area contributed by atoms with Crippen LogP contribution in [0.25, 0.3) is 0 Å². The van der Waals surface area contributed by atoms with E-state index in [0.29, 0.717) is 34.8 Å². The number of benzene rings is 1. The normalized spacial score (nSPS) is 10.7. The highest BCUT2D eigenvalue weighted by Crippen LogP contribution is 2.16. The molecule has 1 aromatic carbocycles. The Labute approximate surface area is 152 Å². The lowest BCUT2D eigenvalue weighted by molar-refractivity contribution is -0.116. The molecule has 0 saturated carbocycles. The second kappa shape index (κ2) is 8.47. The molecule has 1 heterocycles. The first-order valence-electron chi connectivity index (χ1n) is 8.43. The maximum absolute atomic E-state index is 12.2. The van der Waals surface area contributed by atoms with Gasteiger partial charge in [-0.25, -0.2) is 4.79 Å². The van der Waals surface area contributed by atoms with Gasteiger partial charge in [-0.15, -0.1) is 0 Å². The number of esters is 1. The molecule has 0 unspecified atom stereocenters. The smallest absolute Gasteiger partial charge is 0.342 e. The van der Waals surface area contributed by atoms with Gasteiger partial charge >= 0.3 is 5.97 Å². The fraction of sp³-hybridized carbons (Fsp3) is 0.350. The predicted molar refractivity (Wildman–Crippen MR) is 97.3 cm³/mol. The fourth-order valence-corrected chi connectivity index (χ4v) is 2.45. The van der Waals surface area contributed by atoms with E-state index in [4.69, 9.17) is 9.15 Å². The molecule has 0 aliphatic carbocycles. The highest BCUT2D eigenvalue weighted by molar-refractivity contribution is 6.00. The first kappa shape index (κ1) is 19.4. The van der Waals surface area contributed by atoms with Gasteiger partial charge in [0, 0.05) is 17.7 Å². The van der Waals surface area contributed by atoms with E-state index in [-0.39, 0.29) is 24.2 Å². The van der Waals surface area contributed by atoms with E-state index in [1.165, 1.54) is 0 Å². The van der Waals surface area contributed by atoms with Crippen LogP contribution in [0, 0.1) is 19.8 Å². The van der Waals surface area contributed by atoms with Crippen LogP contribution in [0.5, 0.6) is 0 Å². The van der Waals surface area contributed by atoms with Gasteiger partial charge in [0.1, 0.15) is 17.1 Å². The molecular formula is C20H23NO5. The summed E-state index contributed by atoms with van der Waals surface area (Å²) in [5.74, 6) is 0.353. The molecule has 1 aromatic heterocycles. The summed E-state index contributed by atoms with van der Waals surface area (Å²) in [4.78, 5) is 35.9. The Kier molecular flexibility index (Phi) is 6.33. The number of hydrogen-bond acceptors (Lipinski definition) is 5. The number of aryl methyl sites for hydroxylation is 2. The van der Waals surface area contributed by atoms with E-state index >= 15 is 0 Å². The molecule has 0 aliphatic heterocycles. The lowest BCUT2D eigenvalue weighted by Crippen LogP contribution is -2.15. The molecule has 0 saturated heterocycles. The standard InChI is InChI=1S/C20H23NO5/c1-12(2)9-19(23)21-16-7-5-15(6-8-16)18(22)11-25-20(24)17-10-13(3)26-14(17)4/h5-8,10,12H,9,11H2,1-4H3,(H,21,23). The number of anilines is 1. The molecule has 6 nitrogen and oxygen atoms in total. The minimum Gasteiger partial charge on any atom is -0.466 e. The number of amides is 1. The van der Waals surface area contributed by atoms with E-state index in [1.54, 1.807) is 44.2 Å². The third-order valence-electron chi connectivity index (χ3n) is 3.68. The molecule has 0 radical (unpaired) electrons.